The normalized spacial score (nSPS) is 11.3. The molecule has 2 aromatic rings. The molecule has 2 rings (SSSR count). The summed E-state index contributed by atoms with van der Waals surface area (Å²) >= 11 is 9.11. The van der Waals surface area contributed by atoms with E-state index in [9.17, 15) is 8.42 Å². The minimum atomic E-state index is -3.70. The third-order valence-electron chi connectivity index (χ3n) is 2.59. The van der Waals surface area contributed by atoms with E-state index in [1.165, 1.54) is 18.2 Å². The number of hydrogen-bond acceptors (Lipinski definition) is 3. The van der Waals surface area contributed by atoms with Crippen molar-refractivity contribution in [3.63, 3.8) is 0 Å². The van der Waals surface area contributed by atoms with Gasteiger partial charge in [0, 0.05) is 9.50 Å². The van der Waals surface area contributed by atoms with E-state index in [2.05, 4.69) is 20.7 Å². The van der Waals surface area contributed by atoms with Gasteiger partial charge in [0.05, 0.1) is 17.2 Å². The van der Waals surface area contributed by atoms with E-state index in [1.807, 2.05) is 0 Å². The maximum absolute atomic E-state index is 12.2. The average Bonchev–Trinajstić information content (AvgIpc) is 2.43. The van der Waals surface area contributed by atoms with Crippen LogP contribution in [0.25, 0.3) is 0 Å². The number of rotatable bonds is 4. The summed E-state index contributed by atoms with van der Waals surface area (Å²) in [5, 5.41) is 9.38. The van der Waals surface area contributed by atoms with E-state index in [-0.39, 0.29) is 11.5 Å². The van der Waals surface area contributed by atoms with Crippen molar-refractivity contribution in [1.29, 1.82) is 0 Å². The Labute approximate surface area is 130 Å². The van der Waals surface area contributed by atoms with E-state index < -0.39 is 10.0 Å². The van der Waals surface area contributed by atoms with E-state index >= 15 is 0 Å². The monoisotopic (exact) mass is 375 g/mol. The summed E-state index contributed by atoms with van der Waals surface area (Å²) in [5.74, 6) is 0. The molecular weight excluding hydrogens is 366 g/mol. The minimum Gasteiger partial charge on any atom is -0.392 e. The highest BCUT2D eigenvalue weighted by Crippen LogP contribution is 2.28. The van der Waals surface area contributed by atoms with Crippen molar-refractivity contribution in [2.45, 2.75) is 11.5 Å². The van der Waals surface area contributed by atoms with Gasteiger partial charge < -0.3 is 5.11 Å². The molecule has 2 aromatic carbocycles. The maximum atomic E-state index is 12.2. The molecule has 0 spiro atoms. The van der Waals surface area contributed by atoms with Crippen molar-refractivity contribution in [1.82, 2.24) is 0 Å². The van der Waals surface area contributed by atoms with Gasteiger partial charge in [0.2, 0.25) is 0 Å². The SMILES string of the molecule is O=S(=O)(Nc1cc(Cl)ccc1Br)c1ccc(CO)cc1. The Morgan fingerprint density at radius 1 is 1.15 bits per heavy atom. The second-order valence-electron chi connectivity index (χ2n) is 4.03. The molecule has 4 nitrogen and oxygen atoms in total. The fraction of sp³-hybridized carbons (Fsp3) is 0.0769. The lowest BCUT2D eigenvalue weighted by molar-refractivity contribution is 0.282. The third-order valence-corrected chi connectivity index (χ3v) is 4.90. The molecule has 0 saturated carbocycles. The van der Waals surface area contributed by atoms with Crippen LogP contribution in [-0.4, -0.2) is 13.5 Å². The minimum absolute atomic E-state index is 0.113. The molecule has 0 amide bonds. The standard InChI is InChI=1S/C13H11BrClNO3S/c14-12-6-3-10(15)7-13(12)16-20(18,19)11-4-1-9(8-17)2-5-11/h1-7,16-17H,8H2. The largest absolute Gasteiger partial charge is 0.392 e. The van der Waals surface area contributed by atoms with Crippen molar-refractivity contribution in [2.24, 2.45) is 0 Å². The second kappa shape index (κ2) is 6.13. The molecule has 106 valence electrons. The third kappa shape index (κ3) is 3.52. The first-order chi connectivity index (χ1) is 9.42. The van der Waals surface area contributed by atoms with Crippen LogP contribution in [0, 0.1) is 0 Å². The Morgan fingerprint density at radius 3 is 2.40 bits per heavy atom. The van der Waals surface area contributed by atoms with Gasteiger partial charge in [-0.05, 0) is 51.8 Å². The van der Waals surface area contributed by atoms with Gasteiger partial charge in [0.15, 0.2) is 0 Å². The zero-order valence-corrected chi connectivity index (χ0v) is 13.3. The highest BCUT2D eigenvalue weighted by atomic mass is 79.9. The van der Waals surface area contributed by atoms with Gasteiger partial charge in [-0.15, -0.1) is 0 Å². The molecule has 0 heterocycles. The molecule has 0 aliphatic rings. The molecule has 0 aromatic heterocycles. The first-order valence-corrected chi connectivity index (χ1v) is 8.25. The van der Waals surface area contributed by atoms with E-state index in [0.29, 0.717) is 20.7 Å². The van der Waals surface area contributed by atoms with Crippen molar-refractivity contribution in [3.05, 3.63) is 57.5 Å². The maximum Gasteiger partial charge on any atom is 0.261 e. The number of hydrogen-bond donors (Lipinski definition) is 2. The van der Waals surface area contributed by atoms with Gasteiger partial charge in [-0.2, -0.15) is 0 Å². The van der Waals surface area contributed by atoms with Crippen LogP contribution in [0.3, 0.4) is 0 Å². The molecule has 7 heteroatoms. The Balaban J connectivity index is 2.32. The van der Waals surface area contributed by atoms with Gasteiger partial charge >= 0.3 is 0 Å². The fourth-order valence-electron chi connectivity index (χ4n) is 1.55. The Bertz CT molecular complexity index is 717. The predicted molar refractivity (Wildman–Crippen MR) is 82.3 cm³/mol. The lowest BCUT2D eigenvalue weighted by atomic mass is 10.2. The molecule has 0 aliphatic carbocycles. The van der Waals surface area contributed by atoms with Gasteiger partial charge in [0.25, 0.3) is 10.0 Å². The summed E-state index contributed by atoms with van der Waals surface area (Å²) < 4.78 is 27.5. The summed E-state index contributed by atoms with van der Waals surface area (Å²) in [6.45, 7) is -0.131. The molecule has 0 aliphatic heterocycles. The molecular formula is C13H11BrClNO3S. The first kappa shape index (κ1) is 15.3. The van der Waals surface area contributed by atoms with Crippen molar-refractivity contribution < 1.29 is 13.5 Å². The van der Waals surface area contributed by atoms with Crippen molar-refractivity contribution in [2.75, 3.05) is 4.72 Å². The number of aliphatic hydroxyl groups excluding tert-OH is 1. The van der Waals surface area contributed by atoms with Crippen molar-refractivity contribution in [3.8, 4) is 0 Å². The summed E-state index contributed by atoms with van der Waals surface area (Å²) in [5.41, 5.74) is 1.01. The molecule has 0 fully saturated rings. The van der Waals surface area contributed by atoms with E-state index in [0.717, 1.165) is 0 Å². The average molecular weight is 377 g/mol. The molecule has 0 bridgehead atoms. The van der Waals surface area contributed by atoms with Crippen LogP contribution < -0.4 is 4.72 Å². The fourth-order valence-corrected chi connectivity index (χ4v) is 3.27. The number of aliphatic hydroxyl groups is 1. The lowest BCUT2D eigenvalue weighted by Gasteiger charge is -2.10. The van der Waals surface area contributed by atoms with E-state index in [4.69, 9.17) is 16.7 Å². The summed E-state index contributed by atoms with van der Waals surface area (Å²) in [7, 11) is -3.70. The highest BCUT2D eigenvalue weighted by Gasteiger charge is 2.15. The number of halogens is 2. The summed E-state index contributed by atoms with van der Waals surface area (Å²) in [4.78, 5) is 0.113. The molecule has 20 heavy (non-hydrogen) atoms. The number of benzene rings is 2. The lowest BCUT2D eigenvalue weighted by Crippen LogP contribution is -2.13. The number of nitrogens with one attached hydrogen (secondary N) is 1. The van der Waals surface area contributed by atoms with Crippen LogP contribution in [-0.2, 0) is 16.6 Å². The summed E-state index contributed by atoms with van der Waals surface area (Å²) in [6.07, 6.45) is 0. The first-order valence-electron chi connectivity index (χ1n) is 5.60. The molecule has 0 radical (unpaired) electrons. The number of sulfonamides is 1. The van der Waals surface area contributed by atoms with Gasteiger partial charge in [-0.25, -0.2) is 8.42 Å². The molecule has 2 N–H and O–H groups in total. The number of anilines is 1. The zero-order chi connectivity index (χ0) is 14.8. The Hall–Kier alpha value is -1.08. The Morgan fingerprint density at radius 2 is 1.80 bits per heavy atom. The van der Waals surface area contributed by atoms with Crippen LogP contribution in [0.15, 0.2) is 51.8 Å². The Kier molecular flexibility index (Phi) is 4.70. The molecule has 0 saturated heterocycles. The van der Waals surface area contributed by atoms with Crippen molar-refractivity contribution >= 4 is 43.2 Å². The second-order valence-corrected chi connectivity index (χ2v) is 7.00. The highest BCUT2D eigenvalue weighted by molar-refractivity contribution is 9.10. The van der Waals surface area contributed by atoms with Crippen LogP contribution in [0.2, 0.25) is 5.02 Å². The molecule has 0 unspecified atom stereocenters. The van der Waals surface area contributed by atoms with E-state index in [1.54, 1.807) is 24.3 Å². The van der Waals surface area contributed by atoms with Crippen LogP contribution in [0.5, 0.6) is 0 Å². The molecule has 0 atom stereocenters. The predicted octanol–water partition coefficient (Wildman–Crippen LogP) is 3.40. The van der Waals surface area contributed by atoms with Crippen LogP contribution in [0.4, 0.5) is 5.69 Å². The topological polar surface area (TPSA) is 66.4 Å². The quantitative estimate of drug-likeness (QED) is 0.859. The zero-order valence-electron chi connectivity index (χ0n) is 10.2. The van der Waals surface area contributed by atoms with Crippen LogP contribution in [0.1, 0.15) is 5.56 Å². The van der Waals surface area contributed by atoms with Gasteiger partial charge in [-0.1, -0.05) is 23.7 Å². The van der Waals surface area contributed by atoms with Crippen LogP contribution >= 0.6 is 27.5 Å². The van der Waals surface area contributed by atoms with Gasteiger partial charge in [0.1, 0.15) is 0 Å². The summed E-state index contributed by atoms with van der Waals surface area (Å²) in [6, 6.07) is 10.8. The van der Waals surface area contributed by atoms with Gasteiger partial charge in [-0.3, -0.25) is 4.72 Å². The smallest absolute Gasteiger partial charge is 0.261 e.